The van der Waals surface area contributed by atoms with E-state index in [0.29, 0.717) is 34.9 Å². The van der Waals surface area contributed by atoms with Crippen LogP contribution in [0.5, 0.6) is 0 Å². The van der Waals surface area contributed by atoms with E-state index in [0.717, 1.165) is 128 Å². The molecule has 0 amide bonds. The predicted molar refractivity (Wildman–Crippen MR) is 518 cm³/mol. The molecule has 592 valence electrons. The van der Waals surface area contributed by atoms with Gasteiger partial charge in [-0.3, -0.25) is 0 Å². The van der Waals surface area contributed by atoms with Crippen molar-refractivity contribution in [3.8, 4) is 158 Å². The Balaban J connectivity index is 0.000000145. The SMILES string of the molecule is CC1(C)c2ccccc2-c2ccc(-c3cccc(-n4c5ccc(-c6ccccc6)cc5c5c(-c6cccc(-c7nc(-c8ccccc8)nc(-c8ccccc8)n7)c6)cccc54)c3)cc21.c1ccc(-c2ccc3c(c2)c2c(-c4cccc(-c5nc(-c6ccccc6)nc(-c6ccccc6)n5)c4)cccc2n3-c2cccc(-c3cccc4c3oc3ccccc34)c2)cc1. The third-order valence-corrected chi connectivity index (χ3v) is 24.9. The van der Waals surface area contributed by atoms with Gasteiger partial charge in [0.25, 0.3) is 0 Å². The van der Waals surface area contributed by atoms with Gasteiger partial charge in [0, 0.05) is 88.1 Å². The second-order valence-electron chi connectivity index (χ2n) is 32.8. The molecule has 9 heteroatoms. The number of furan rings is 1. The molecule has 5 heterocycles. The smallest absolute Gasteiger partial charge is 0.164 e. The maximum atomic E-state index is 6.51. The number of para-hydroxylation sites is 2. The molecule has 18 aromatic carbocycles. The molecular formula is C117H78N8O. The third kappa shape index (κ3) is 13.3. The average Bonchev–Trinajstić information content (AvgIpc) is 1.58. The monoisotopic (exact) mass is 1610 g/mol. The second-order valence-corrected chi connectivity index (χ2v) is 32.8. The van der Waals surface area contributed by atoms with Crippen LogP contribution in [0.3, 0.4) is 0 Å². The number of nitrogens with zero attached hydrogens (tertiary/aromatic N) is 8. The molecule has 0 radical (unpaired) electrons. The fourth-order valence-electron chi connectivity index (χ4n) is 18.8. The van der Waals surface area contributed by atoms with Crippen LogP contribution < -0.4 is 0 Å². The van der Waals surface area contributed by atoms with Crippen LogP contribution >= 0.6 is 0 Å². The van der Waals surface area contributed by atoms with Gasteiger partial charge in [-0.15, -0.1) is 0 Å². The van der Waals surface area contributed by atoms with Crippen molar-refractivity contribution in [3.63, 3.8) is 0 Å². The average molecular weight is 1610 g/mol. The Morgan fingerprint density at radius 1 is 0.198 bits per heavy atom. The Kier molecular flexibility index (Phi) is 18.4. The van der Waals surface area contributed by atoms with E-state index in [1.807, 2.05) is 133 Å². The van der Waals surface area contributed by atoms with Gasteiger partial charge in [0.1, 0.15) is 11.2 Å². The van der Waals surface area contributed by atoms with Gasteiger partial charge in [0.05, 0.1) is 22.1 Å². The Bertz CT molecular complexity index is 8050. The van der Waals surface area contributed by atoms with Crippen LogP contribution in [0.1, 0.15) is 25.0 Å². The molecule has 0 spiro atoms. The van der Waals surface area contributed by atoms with E-state index in [2.05, 4.69) is 326 Å². The van der Waals surface area contributed by atoms with Crippen LogP contribution in [0.2, 0.25) is 0 Å². The lowest BCUT2D eigenvalue weighted by Crippen LogP contribution is -2.14. The number of hydrogen-bond acceptors (Lipinski definition) is 7. The summed E-state index contributed by atoms with van der Waals surface area (Å²) in [5.74, 6) is 3.81. The van der Waals surface area contributed by atoms with E-state index in [4.69, 9.17) is 34.3 Å². The summed E-state index contributed by atoms with van der Waals surface area (Å²) < 4.78 is 11.3. The fourth-order valence-corrected chi connectivity index (χ4v) is 18.8. The first-order valence-electron chi connectivity index (χ1n) is 42.8. The quantitative estimate of drug-likeness (QED) is 0.107. The molecule has 1 aliphatic carbocycles. The zero-order valence-corrected chi connectivity index (χ0v) is 69.1. The molecular weight excluding hydrogens is 1530 g/mol. The maximum absolute atomic E-state index is 6.51. The van der Waals surface area contributed by atoms with Gasteiger partial charge < -0.3 is 13.6 Å². The summed E-state index contributed by atoms with van der Waals surface area (Å²) in [5.41, 5.74) is 33.2. The van der Waals surface area contributed by atoms with Crippen LogP contribution in [0, 0.1) is 0 Å². The standard InChI is InChI=1S/C60H42N4.C57H36N4O/c1-60(2)52-29-13-12-27-49(52)50-33-31-44(38-53(50)60)42-23-15-26-47(36-42)64-54-34-32-43(39-17-6-3-7-18-39)37-51(54)56-48(28-16-30-55(56)64)45-24-14-25-46(35-45)59-62-57(40-19-8-4-9-20-40)61-58(63-59)41-21-10-5-11-22-41;1-4-16-37(17-5-1)40-32-33-50-49(36-40)53-45(41-22-12-24-43(34-41)57-59-55(38-18-6-2-7-19-38)58-56(60-57)39-20-8-3-9-21-39)27-15-30-51(53)61(50)44-25-13-23-42(35-44)46-28-14-29-48-47-26-10-11-31-52(47)62-54(46)48/h3-38H,1-2H3;1-36H. The van der Waals surface area contributed by atoms with Crippen molar-refractivity contribution in [1.82, 2.24) is 39.0 Å². The van der Waals surface area contributed by atoms with Crippen molar-refractivity contribution in [2.24, 2.45) is 0 Å². The number of hydrogen-bond donors (Lipinski definition) is 0. The van der Waals surface area contributed by atoms with Gasteiger partial charge in [-0.25, -0.2) is 29.9 Å². The van der Waals surface area contributed by atoms with Crippen molar-refractivity contribution >= 4 is 65.6 Å². The normalized spacial score (nSPS) is 12.1. The molecule has 0 unspecified atom stereocenters. The van der Waals surface area contributed by atoms with Crippen LogP contribution in [0.15, 0.2) is 441 Å². The molecule has 9 nitrogen and oxygen atoms in total. The van der Waals surface area contributed by atoms with Crippen molar-refractivity contribution in [2.45, 2.75) is 19.3 Å². The fraction of sp³-hybridized carbons (Fsp3) is 0.0256. The summed E-state index contributed by atoms with van der Waals surface area (Å²) in [6.07, 6.45) is 0. The van der Waals surface area contributed by atoms with E-state index in [-0.39, 0.29) is 5.41 Å². The summed E-state index contributed by atoms with van der Waals surface area (Å²) in [6.45, 7) is 4.70. The van der Waals surface area contributed by atoms with E-state index in [9.17, 15) is 0 Å². The van der Waals surface area contributed by atoms with Crippen LogP contribution in [-0.2, 0) is 5.41 Å². The van der Waals surface area contributed by atoms with Crippen LogP contribution in [0.25, 0.3) is 223 Å². The van der Waals surface area contributed by atoms with Gasteiger partial charge in [-0.1, -0.05) is 366 Å². The zero-order chi connectivity index (χ0) is 83.8. The molecule has 0 fully saturated rings. The highest BCUT2D eigenvalue weighted by molar-refractivity contribution is 6.19. The lowest BCUT2D eigenvalue weighted by Gasteiger charge is -2.22. The molecule has 0 saturated carbocycles. The van der Waals surface area contributed by atoms with E-state index in [1.54, 1.807) is 0 Å². The van der Waals surface area contributed by atoms with Crippen molar-refractivity contribution in [1.29, 1.82) is 0 Å². The van der Waals surface area contributed by atoms with E-state index in [1.165, 1.54) is 71.6 Å². The predicted octanol–water partition coefficient (Wildman–Crippen LogP) is 30.1. The summed E-state index contributed by atoms with van der Waals surface area (Å²) in [5, 5.41) is 6.97. The Morgan fingerprint density at radius 3 is 1.02 bits per heavy atom. The number of aromatic nitrogens is 8. The highest BCUT2D eigenvalue weighted by Gasteiger charge is 2.36. The molecule has 0 saturated heterocycles. The first-order chi connectivity index (χ1) is 62.2. The van der Waals surface area contributed by atoms with Gasteiger partial charge in [0.2, 0.25) is 0 Å². The maximum Gasteiger partial charge on any atom is 0.164 e. The first kappa shape index (κ1) is 74.4. The molecule has 23 aromatic rings. The molecule has 0 N–H and O–H groups in total. The van der Waals surface area contributed by atoms with Crippen LogP contribution in [-0.4, -0.2) is 39.0 Å². The second kappa shape index (κ2) is 31.1. The first-order valence-corrected chi connectivity index (χ1v) is 42.8. The van der Waals surface area contributed by atoms with Crippen LogP contribution in [0.4, 0.5) is 0 Å². The molecule has 5 aromatic heterocycles. The van der Waals surface area contributed by atoms with E-state index < -0.39 is 0 Å². The minimum Gasteiger partial charge on any atom is -0.455 e. The molecule has 0 bridgehead atoms. The number of benzene rings is 18. The highest BCUT2D eigenvalue weighted by Crippen LogP contribution is 2.51. The minimum atomic E-state index is -0.0750. The molecule has 24 rings (SSSR count). The summed E-state index contributed by atoms with van der Waals surface area (Å²) in [4.78, 5) is 30.2. The van der Waals surface area contributed by atoms with Crippen molar-refractivity contribution in [3.05, 3.63) is 448 Å². The third-order valence-electron chi connectivity index (χ3n) is 24.9. The number of fused-ring (bicyclic) bond motifs is 12. The summed E-state index contributed by atoms with van der Waals surface area (Å²) in [7, 11) is 0. The Hall–Kier alpha value is -16.6. The van der Waals surface area contributed by atoms with Gasteiger partial charge >= 0.3 is 0 Å². The zero-order valence-electron chi connectivity index (χ0n) is 69.1. The lowest BCUT2D eigenvalue weighted by atomic mass is 9.81. The van der Waals surface area contributed by atoms with E-state index >= 15 is 0 Å². The van der Waals surface area contributed by atoms with Gasteiger partial charge in [0.15, 0.2) is 34.9 Å². The minimum absolute atomic E-state index is 0.0750. The Morgan fingerprint density at radius 2 is 0.524 bits per heavy atom. The molecule has 126 heavy (non-hydrogen) atoms. The largest absolute Gasteiger partial charge is 0.455 e. The highest BCUT2D eigenvalue weighted by atomic mass is 16.3. The molecule has 0 atom stereocenters. The van der Waals surface area contributed by atoms with Crippen molar-refractivity contribution in [2.75, 3.05) is 0 Å². The molecule has 0 aliphatic heterocycles. The lowest BCUT2D eigenvalue weighted by molar-refractivity contribution is 0.660. The van der Waals surface area contributed by atoms with Crippen molar-refractivity contribution < 1.29 is 4.42 Å². The van der Waals surface area contributed by atoms with Gasteiger partial charge in [-0.05, 0) is 168 Å². The molecule has 1 aliphatic rings. The number of rotatable bonds is 14. The Labute approximate surface area is 728 Å². The topological polar surface area (TPSA) is 100 Å². The van der Waals surface area contributed by atoms with Gasteiger partial charge in [-0.2, -0.15) is 0 Å². The summed E-state index contributed by atoms with van der Waals surface area (Å²) in [6, 6.07) is 155. The summed E-state index contributed by atoms with van der Waals surface area (Å²) >= 11 is 0.